The highest BCUT2D eigenvalue weighted by atomic mass is 32.2. The summed E-state index contributed by atoms with van der Waals surface area (Å²) in [5.41, 5.74) is 3.87. The number of nitrogens with one attached hydrogen (secondary N) is 1. The van der Waals surface area contributed by atoms with E-state index in [0.717, 1.165) is 27.7 Å². The average molecular weight is 341 g/mol. The van der Waals surface area contributed by atoms with Crippen molar-refractivity contribution in [2.75, 3.05) is 5.32 Å². The Kier molecular flexibility index (Phi) is 4.26. The van der Waals surface area contributed by atoms with Crippen molar-refractivity contribution in [1.82, 2.24) is 4.98 Å². The largest absolute Gasteiger partial charge is 0.378 e. The Balaban J connectivity index is 1.96. The Morgan fingerprint density at radius 3 is 2.62 bits per heavy atom. The van der Waals surface area contributed by atoms with Crippen LogP contribution < -0.4 is 10.5 Å². The Labute approximate surface area is 141 Å². The topological polar surface area (TPSA) is 85.1 Å². The number of rotatable bonds is 4. The van der Waals surface area contributed by atoms with Crippen LogP contribution >= 0.6 is 0 Å². The lowest BCUT2D eigenvalue weighted by atomic mass is 10.1. The summed E-state index contributed by atoms with van der Waals surface area (Å²) in [6.07, 6.45) is 1.77. The molecule has 5 nitrogen and oxygen atoms in total. The summed E-state index contributed by atoms with van der Waals surface area (Å²) >= 11 is 0. The van der Waals surface area contributed by atoms with Gasteiger partial charge in [0, 0.05) is 23.3 Å². The number of fused-ring (bicyclic) bond motifs is 1. The van der Waals surface area contributed by atoms with Gasteiger partial charge in [-0.3, -0.25) is 4.98 Å². The molecule has 24 heavy (non-hydrogen) atoms. The van der Waals surface area contributed by atoms with Crippen molar-refractivity contribution in [2.45, 2.75) is 24.8 Å². The number of pyridine rings is 1. The van der Waals surface area contributed by atoms with Gasteiger partial charge in [-0.15, -0.1) is 0 Å². The highest BCUT2D eigenvalue weighted by Crippen LogP contribution is 2.28. The van der Waals surface area contributed by atoms with Gasteiger partial charge in [-0.05, 0) is 43.2 Å². The summed E-state index contributed by atoms with van der Waals surface area (Å²) < 4.78 is 23.1. The van der Waals surface area contributed by atoms with Crippen LogP contribution in [0.2, 0.25) is 0 Å². The van der Waals surface area contributed by atoms with Crippen molar-refractivity contribution in [3.05, 3.63) is 65.9 Å². The van der Waals surface area contributed by atoms with Crippen LogP contribution in [0.15, 0.2) is 59.6 Å². The highest BCUT2D eigenvalue weighted by Gasteiger charge is 2.13. The molecule has 0 saturated carbocycles. The van der Waals surface area contributed by atoms with E-state index in [2.05, 4.69) is 10.3 Å². The number of para-hydroxylation sites is 1. The first-order chi connectivity index (χ1) is 11.4. The van der Waals surface area contributed by atoms with E-state index < -0.39 is 10.0 Å². The molecule has 0 amide bonds. The van der Waals surface area contributed by atoms with E-state index in [-0.39, 0.29) is 10.9 Å². The molecule has 3 N–H and O–H groups in total. The Hall–Kier alpha value is -2.44. The monoisotopic (exact) mass is 341 g/mol. The number of nitrogens with zero attached hydrogens (tertiary/aromatic N) is 1. The molecule has 0 spiro atoms. The number of anilines is 1. The van der Waals surface area contributed by atoms with Crippen LogP contribution in [0.1, 0.15) is 24.1 Å². The minimum atomic E-state index is -3.71. The van der Waals surface area contributed by atoms with Crippen molar-refractivity contribution in [1.29, 1.82) is 0 Å². The van der Waals surface area contributed by atoms with Crippen LogP contribution in [-0.4, -0.2) is 13.4 Å². The van der Waals surface area contributed by atoms with E-state index in [0.29, 0.717) is 0 Å². The molecule has 3 aromatic rings. The summed E-state index contributed by atoms with van der Waals surface area (Å²) in [6, 6.07) is 14.5. The molecule has 0 saturated heterocycles. The molecule has 0 aliphatic heterocycles. The molecule has 0 aliphatic rings. The summed E-state index contributed by atoms with van der Waals surface area (Å²) in [4.78, 5) is 4.55. The number of hydrogen-bond acceptors (Lipinski definition) is 4. The van der Waals surface area contributed by atoms with E-state index in [1.54, 1.807) is 18.3 Å². The minimum absolute atomic E-state index is 0.0854. The number of hydrogen-bond donors (Lipinski definition) is 2. The summed E-state index contributed by atoms with van der Waals surface area (Å²) in [7, 11) is -3.71. The Bertz CT molecular complexity index is 1000. The second-order valence-corrected chi connectivity index (χ2v) is 7.37. The third-order valence-electron chi connectivity index (χ3n) is 4.03. The molecule has 1 heterocycles. The third-order valence-corrected chi connectivity index (χ3v) is 4.94. The van der Waals surface area contributed by atoms with Crippen LogP contribution in [0.3, 0.4) is 0 Å². The fourth-order valence-electron chi connectivity index (χ4n) is 2.73. The van der Waals surface area contributed by atoms with Gasteiger partial charge < -0.3 is 5.32 Å². The standard InChI is InChI=1S/C18H19N3O2S/c1-12-5-3-8-16-17(9-10-20-18(12)16)21-13(2)14-6-4-7-15(11-14)24(19,22)23/h3-11,13H,1-2H3,(H,20,21)(H2,19,22,23). The first kappa shape index (κ1) is 16.4. The summed E-state index contributed by atoms with van der Waals surface area (Å²) in [6.45, 7) is 4.00. The van der Waals surface area contributed by atoms with Crippen LogP contribution in [0.25, 0.3) is 10.9 Å². The minimum Gasteiger partial charge on any atom is -0.378 e. The van der Waals surface area contributed by atoms with Crippen molar-refractivity contribution in [3.8, 4) is 0 Å². The molecular formula is C18H19N3O2S. The van der Waals surface area contributed by atoms with Crippen LogP contribution in [0.4, 0.5) is 5.69 Å². The maximum atomic E-state index is 11.5. The summed E-state index contributed by atoms with van der Waals surface area (Å²) in [5, 5.41) is 9.68. The van der Waals surface area contributed by atoms with Gasteiger partial charge in [0.1, 0.15) is 0 Å². The van der Waals surface area contributed by atoms with E-state index in [1.807, 2.05) is 44.2 Å². The first-order valence-electron chi connectivity index (χ1n) is 7.60. The molecule has 0 fully saturated rings. The average Bonchev–Trinajstić information content (AvgIpc) is 2.55. The van der Waals surface area contributed by atoms with Crippen molar-refractivity contribution in [3.63, 3.8) is 0 Å². The molecule has 0 bridgehead atoms. The molecule has 1 atom stereocenters. The molecular weight excluding hydrogens is 322 g/mol. The maximum absolute atomic E-state index is 11.5. The second kappa shape index (κ2) is 6.22. The maximum Gasteiger partial charge on any atom is 0.238 e. The zero-order chi connectivity index (χ0) is 17.3. The van der Waals surface area contributed by atoms with Gasteiger partial charge in [-0.1, -0.05) is 30.3 Å². The number of benzene rings is 2. The SMILES string of the molecule is Cc1cccc2c(NC(C)c3cccc(S(N)(=O)=O)c3)ccnc12. The second-order valence-electron chi connectivity index (χ2n) is 5.81. The number of aromatic nitrogens is 1. The lowest BCUT2D eigenvalue weighted by molar-refractivity contribution is 0.597. The van der Waals surface area contributed by atoms with Gasteiger partial charge in [0.25, 0.3) is 0 Å². The van der Waals surface area contributed by atoms with Gasteiger partial charge in [-0.25, -0.2) is 13.6 Å². The van der Waals surface area contributed by atoms with Crippen LogP contribution in [0, 0.1) is 6.92 Å². The molecule has 3 rings (SSSR count). The Morgan fingerprint density at radius 2 is 1.88 bits per heavy atom. The predicted octanol–water partition coefficient (Wildman–Crippen LogP) is 3.36. The number of primary sulfonamides is 1. The summed E-state index contributed by atoms with van der Waals surface area (Å²) in [5.74, 6) is 0. The molecule has 2 aromatic carbocycles. The fourth-order valence-corrected chi connectivity index (χ4v) is 3.30. The lowest BCUT2D eigenvalue weighted by Crippen LogP contribution is -2.13. The van der Waals surface area contributed by atoms with Crippen molar-refractivity contribution >= 4 is 26.6 Å². The molecule has 0 aliphatic carbocycles. The van der Waals surface area contributed by atoms with Crippen LogP contribution in [0.5, 0.6) is 0 Å². The first-order valence-corrected chi connectivity index (χ1v) is 9.14. The van der Waals surface area contributed by atoms with E-state index in [9.17, 15) is 8.42 Å². The highest BCUT2D eigenvalue weighted by molar-refractivity contribution is 7.89. The van der Waals surface area contributed by atoms with E-state index in [4.69, 9.17) is 5.14 Å². The third kappa shape index (κ3) is 3.25. The van der Waals surface area contributed by atoms with E-state index >= 15 is 0 Å². The predicted molar refractivity (Wildman–Crippen MR) is 96.3 cm³/mol. The van der Waals surface area contributed by atoms with Gasteiger partial charge in [0.15, 0.2) is 0 Å². The number of aryl methyl sites for hydroxylation is 1. The Morgan fingerprint density at radius 1 is 1.12 bits per heavy atom. The van der Waals surface area contributed by atoms with Crippen LogP contribution in [-0.2, 0) is 10.0 Å². The van der Waals surface area contributed by atoms with Gasteiger partial charge in [0.05, 0.1) is 10.4 Å². The van der Waals surface area contributed by atoms with E-state index in [1.165, 1.54) is 6.07 Å². The van der Waals surface area contributed by atoms with Gasteiger partial charge >= 0.3 is 0 Å². The smallest absolute Gasteiger partial charge is 0.238 e. The molecule has 0 radical (unpaired) electrons. The lowest BCUT2D eigenvalue weighted by Gasteiger charge is -2.18. The molecule has 6 heteroatoms. The zero-order valence-corrected chi connectivity index (χ0v) is 14.3. The number of nitrogens with two attached hydrogens (primary N) is 1. The molecule has 1 aromatic heterocycles. The van der Waals surface area contributed by atoms with Gasteiger partial charge in [-0.2, -0.15) is 0 Å². The molecule has 124 valence electrons. The molecule has 1 unspecified atom stereocenters. The normalized spacial score (nSPS) is 13.0. The van der Waals surface area contributed by atoms with Gasteiger partial charge in [0.2, 0.25) is 10.0 Å². The van der Waals surface area contributed by atoms with Crippen molar-refractivity contribution < 1.29 is 8.42 Å². The quantitative estimate of drug-likeness (QED) is 0.762. The fraction of sp³-hybridized carbons (Fsp3) is 0.167. The zero-order valence-electron chi connectivity index (χ0n) is 13.5. The number of sulfonamides is 1. The van der Waals surface area contributed by atoms with Crippen molar-refractivity contribution in [2.24, 2.45) is 5.14 Å².